The van der Waals surface area contributed by atoms with Gasteiger partial charge in [-0.3, -0.25) is 24.5 Å². The zero-order chi connectivity index (χ0) is 66.0. The summed E-state index contributed by atoms with van der Waals surface area (Å²) in [6, 6.07) is 118. The molecule has 9 nitrogen and oxygen atoms in total. The molecule has 0 aliphatic carbocycles. The molecule has 20 rings (SSSR count). The number of nitrogens with zero attached hydrogens (tertiary/aromatic N) is 9. The van der Waals surface area contributed by atoms with Crippen LogP contribution in [0.2, 0.25) is 0 Å². The SMILES string of the molecule is c1ccc(-c2cc(-c3ccccc3)nc(-n3c4ccccc4c4c(-c5ccc6c(c5)c5ncccc5n6-c5ccccc5)cccc43)c2)cc1.c1ccc(-n2c3ccc(-c4cccc5c4c4ccccc4n5-c4cc(-c5ccccn5)cc(-c5ccccn5)c4)cc3c3ncccc32)cc1. The van der Waals surface area contributed by atoms with Crippen molar-refractivity contribution < 1.29 is 0 Å². The van der Waals surface area contributed by atoms with Gasteiger partial charge in [0.1, 0.15) is 5.82 Å². The average molecular weight is 1280 g/mol. The van der Waals surface area contributed by atoms with Crippen LogP contribution < -0.4 is 0 Å². The van der Waals surface area contributed by atoms with E-state index in [1.807, 2.05) is 67.3 Å². The standard InChI is InChI=1S/C46H30N4.C45H29N5/c1-4-14-31(15-5-1)34-29-39(32-16-6-2-7-17-32)48-44(30-34)50-40-22-11-10-20-37(40)45-36(21-12-23-42(45)50)33-25-26-41-38(28-33)46-43(24-13-27-47-46)49(41)35-18-8-3-9-19-35;1-2-12-33(13-3-1)49-41-22-21-30(29-37(41)45-43(49)20-11-25-48-45)35-15-10-19-42-44(35)36-14-4-5-18-40(36)50(42)34-27-31(38-16-6-8-23-46-38)26-32(28-34)39-17-7-9-24-47-39/h1-30H;1-29H. The lowest BCUT2D eigenvalue weighted by molar-refractivity contribution is 1.08. The third kappa shape index (κ3) is 9.82. The zero-order valence-corrected chi connectivity index (χ0v) is 54.1. The molecule has 0 unspecified atom stereocenters. The molecule has 0 amide bonds. The van der Waals surface area contributed by atoms with Crippen LogP contribution in [-0.2, 0) is 0 Å². The van der Waals surface area contributed by atoms with Crippen LogP contribution in [0.25, 0.3) is 178 Å². The summed E-state index contributed by atoms with van der Waals surface area (Å²) in [5, 5.41) is 7.07. The summed E-state index contributed by atoms with van der Waals surface area (Å²) in [6.07, 6.45) is 7.46. The molecule has 0 spiro atoms. The van der Waals surface area contributed by atoms with Crippen LogP contribution in [0, 0.1) is 0 Å². The number of para-hydroxylation sites is 4. The summed E-state index contributed by atoms with van der Waals surface area (Å²) in [5.74, 6) is 0.888. The van der Waals surface area contributed by atoms with Crippen molar-refractivity contribution in [2.75, 3.05) is 0 Å². The minimum absolute atomic E-state index is 0.888. The van der Waals surface area contributed by atoms with Crippen LogP contribution in [0.4, 0.5) is 0 Å². The van der Waals surface area contributed by atoms with Crippen LogP contribution in [0.5, 0.6) is 0 Å². The average Bonchev–Trinajstić information content (AvgIpc) is 1.58. The minimum Gasteiger partial charge on any atom is -0.309 e. The number of hydrogen-bond donors (Lipinski definition) is 0. The molecule has 0 N–H and O–H groups in total. The molecule has 9 aromatic heterocycles. The van der Waals surface area contributed by atoms with Gasteiger partial charge in [-0.15, -0.1) is 0 Å². The van der Waals surface area contributed by atoms with E-state index in [1.165, 1.54) is 32.7 Å². The van der Waals surface area contributed by atoms with E-state index in [0.717, 1.165) is 145 Å². The minimum atomic E-state index is 0.888. The maximum Gasteiger partial charge on any atom is 0.138 e. The summed E-state index contributed by atoms with van der Waals surface area (Å²) >= 11 is 0. The summed E-state index contributed by atoms with van der Waals surface area (Å²) in [5.41, 5.74) is 27.2. The van der Waals surface area contributed by atoms with Gasteiger partial charge in [0.25, 0.3) is 0 Å². The highest BCUT2D eigenvalue weighted by Gasteiger charge is 2.23. The molecule has 0 aliphatic heterocycles. The molecule has 9 heteroatoms. The molecule has 468 valence electrons. The van der Waals surface area contributed by atoms with Gasteiger partial charge in [0.2, 0.25) is 0 Å². The molecule has 9 heterocycles. The first-order valence-electron chi connectivity index (χ1n) is 33.7. The van der Waals surface area contributed by atoms with E-state index in [4.69, 9.17) is 24.9 Å². The predicted molar refractivity (Wildman–Crippen MR) is 412 cm³/mol. The van der Waals surface area contributed by atoms with E-state index in [1.54, 1.807) is 0 Å². The fourth-order valence-electron chi connectivity index (χ4n) is 15.0. The Bertz CT molecular complexity index is 5980. The molecule has 100 heavy (non-hydrogen) atoms. The number of hydrogen-bond acceptors (Lipinski definition) is 5. The van der Waals surface area contributed by atoms with E-state index in [0.29, 0.717) is 0 Å². The summed E-state index contributed by atoms with van der Waals surface area (Å²) < 4.78 is 9.33. The Morgan fingerprint density at radius 2 is 0.620 bits per heavy atom. The van der Waals surface area contributed by atoms with Gasteiger partial charge in [0, 0.05) is 90.9 Å². The van der Waals surface area contributed by atoms with Crippen LogP contribution in [0.1, 0.15) is 0 Å². The summed E-state index contributed by atoms with van der Waals surface area (Å²) in [4.78, 5) is 24.5. The van der Waals surface area contributed by atoms with Crippen molar-refractivity contribution in [1.82, 2.24) is 43.2 Å². The lowest BCUT2D eigenvalue weighted by Gasteiger charge is -2.13. The molecule has 11 aromatic carbocycles. The maximum absolute atomic E-state index is 5.33. The largest absolute Gasteiger partial charge is 0.309 e. The van der Waals surface area contributed by atoms with Gasteiger partial charge in [-0.2, -0.15) is 0 Å². The van der Waals surface area contributed by atoms with Gasteiger partial charge >= 0.3 is 0 Å². The van der Waals surface area contributed by atoms with E-state index < -0.39 is 0 Å². The van der Waals surface area contributed by atoms with Crippen LogP contribution in [0.15, 0.2) is 358 Å². The first-order chi connectivity index (χ1) is 49.6. The highest BCUT2D eigenvalue weighted by Crippen LogP contribution is 2.45. The quantitative estimate of drug-likeness (QED) is 0.136. The molecule has 0 fully saturated rings. The lowest BCUT2D eigenvalue weighted by Crippen LogP contribution is -2.00. The van der Waals surface area contributed by atoms with Crippen LogP contribution in [-0.4, -0.2) is 43.2 Å². The summed E-state index contributed by atoms with van der Waals surface area (Å²) in [7, 11) is 0. The van der Waals surface area contributed by atoms with Crippen molar-refractivity contribution in [2.24, 2.45) is 0 Å². The first-order valence-corrected chi connectivity index (χ1v) is 33.7. The Balaban J connectivity index is 0.000000139. The fraction of sp³-hybridized carbons (Fsp3) is 0. The van der Waals surface area contributed by atoms with Gasteiger partial charge in [-0.25, -0.2) is 4.98 Å². The van der Waals surface area contributed by atoms with Crippen molar-refractivity contribution in [3.8, 4) is 90.0 Å². The second-order valence-corrected chi connectivity index (χ2v) is 25.2. The Kier molecular flexibility index (Phi) is 14.0. The molecule has 20 aromatic rings. The maximum atomic E-state index is 5.33. The zero-order valence-electron chi connectivity index (χ0n) is 54.1. The Hall–Kier alpha value is -13.6. The summed E-state index contributed by atoms with van der Waals surface area (Å²) in [6.45, 7) is 0. The third-order valence-corrected chi connectivity index (χ3v) is 19.4. The molecule has 0 radical (unpaired) electrons. The monoisotopic (exact) mass is 1280 g/mol. The highest BCUT2D eigenvalue weighted by atomic mass is 15.1. The van der Waals surface area contributed by atoms with E-state index in [2.05, 4.69) is 309 Å². The second kappa shape index (κ2) is 24.2. The van der Waals surface area contributed by atoms with Crippen molar-refractivity contribution in [3.05, 3.63) is 358 Å². The van der Waals surface area contributed by atoms with Crippen molar-refractivity contribution in [2.45, 2.75) is 0 Å². The van der Waals surface area contributed by atoms with E-state index in [9.17, 15) is 0 Å². The molecule has 0 bridgehead atoms. The number of pyridine rings is 5. The first kappa shape index (κ1) is 57.8. The van der Waals surface area contributed by atoms with E-state index >= 15 is 0 Å². The van der Waals surface area contributed by atoms with Crippen LogP contribution in [0.3, 0.4) is 0 Å². The molecular formula is C91H59N9. The van der Waals surface area contributed by atoms with Crippen LogP contribution >= 0.6 is 0 Å². The van der Waals surface area contributed by atoms with Gasteiger partial charge in [-0.1, -0.05) is 182 Å². The van der Waals surface area contributed by atoms with Gasteiger partial charge in [0.15, 0.2) is 0 Å². The number of aromatic nitrogens is 9. The van der Waals surface area contributed by atoms with Crippen molar-refractivity contribution in [3.63, 3.8) is 0 Å². The normalized spacial score (nSPS) is 11.6. The van der Waals surface area contributed by atoms with E-state index in [-0.39, 0.29) is 0 Å². The fourth-order valence-corrected chi connectivity index (χ4v) is 15.0. The van der Waals surface area contributed by atoms with Gasteiger partial charge in [0.05, 0.1) is 72.2 Å². The lowest BCUT2D eigenvalue weighted by atomic mass is 9.98. The number of rotatable bonds is 10. The van der Waals surface area contributed by atoms with Gasteiger partial charge < -0.3 is 13.7 Å². The molecular weight excluding hydrogens is 1220 g/mol. The Morgan fingerprint density at radius 3 is 1.14 bits per heavy atom. The van der Waals surface area contributed by atoms with Gasteiger partial charge in [-0.05, 0) is 185 Å². The number of benzene rings is 11. The molecule has 0 saturated heterocycles. The smallest absolute Gasteiger partial charge is 0.138 e. The molecule has 0 aliphatic rings. The van der Waals surface area contributed by atoms with Crippen molar-refractivity contribution in [1.29, 1.82) is 0 Å². The number of fused-ring (bicyclic) bond motifs is 12. The molecule has 0 saturated carbocycles. The topological polar surface area (TPSA) is 84.2 Å². The predicted octanol–water partition coefficient (Wildman–Crippen LogP) is 22.7. The molecule has 0 atom stereocenters. The second-order valence-electron chi connectivity index (χ2n) is 25.2. The van der Waals surface area contributed by atoms with Crippen molar-refractivity contribution >= 4 is 87.5 Å². The Labute approximate surface area is 575 Å². The highest BCUT2D eigenvalue weighted by molar-refractivity contribution is 6.19. The Morgan fingerprint density at radius 1 is 0.200 bits per heavy atom. The third-order valence-electron chi connectivity index (χ3n) is 19.4.